The third-order valence-electron chi connectivity index (χ3n) is 5.96. The number of benzene rings is 2. The molecule has 0 bridgehead atoms. The van der Waals surface area contributed by atoms with Crippen LogP contribution in [-0.4, -0.2) is 70.1 Å². The summed E-state index contributed by atoms with van der Waals surface area (Å²) < 4.78 is 35.4. The van der Waals surface area contributed by atoms with E-state index in [1.807, 2.05) is 29.2 Å². The maximum absolute atomic E-state index is 13.1. The first-order valence-corrected chi connectivity index (χ1v) is 12.2. The number of carbonyl (C=O) groups excluding carboxylic acids is 1. The van der Waals surface area contributed by atoms with Gasteiger partial charge in [-0.2, -0.15) is 0 Å². The molecule has 0 aromatic heterocycles. The van der Waals surface area contributed by atoms with Crippen LogP contribution >= 0.6 is 11.6 Å². The Hall–Kier alpha value is -2.29. The highest BCUT2D eigenvalue weighted by Crippen LogP contribution is 2.35. The third-order valence-corrected chi connectivity index (χ3v) is 7.96. The SMILES string of the molecule is COc1ccc(CCN2CC(=O)N(c3ccc(OC)c(Cl)c3)C3CS(=O)(=O)CC32)cc1. The van der Waals surface area contributed by atoms with Gasteiger partial charge in [-0.1, -0.05) is 23.7 Å². The number of anilines is 1. The second-order valence-corrected chi connectivity index (χ2v) is 10.4. The number of methoxy groups -OCH3 is 2. The number of carbonyl (C=O) groups is 1. The molecule has 31 heavy (non-hydrogen) atoms. The molecule has 2 aliphatic heterocycles. The molecule has 0 N–H and O–H groups in total. The zero-order valence-electron chi connectivity index (χ0n) is 17.5. The lowest BCUT2D eigenvalue weighted by atomic mass is 10.0. The van der Waals surface area contributed by atoms with Crippen LogP contribution in [0, 0.1) is 0 Å². The largest absolute Gasteiger partial charge is 0.497 e. The average molecular weight is 465 g/mol. The van der Waals surface area contributed by atoms with Crippen LogP contribution in [0.2, 0.25) is 5.02 Å². The van der Waals surface area contributed by atoms with Crippen LogP contribution in [0.5, 0.6) is 11.5 Å². The van der Waals surface area contributed by atoms with Crippen molar-refractivity contribution in [3.8, 4) is 11.5 Å². The van der Waals surface area contributed by atoms with E-state index in [9.17, 15) is 13.2 Å². The molecule has 166 valence electrons. The van der Waals surface area contributed by atoms with Gasteiger partial charge < -0.3 is 14.4 Å². The van der Waals surface area contributed by atoms with Crippen LogP contribution in [0.25, 0.3) is 0 Å². The van der Waals surface area contributed by atoms with Gasteiger partial charge in [0.25, 0.3) is 0 Å². The molecule has 0 saturated carbocycles. The number of ether oxygens (including phenoxy) is 2. The van der Waals surface area contributed by atoms with Gasteiger partial charge in [0.15, 0.2) is 9.84 Å². The Morgan fingerprint density at radius 3 is 2.39 bits per heavy atom. The van der Waals surface area contributed by atoms with Gasteiger partial charge in [0.1, 0.15) is 11.5 Å². The number of rotatable bonds is 6. The molecule has 9 heteroatoms. The molecule has 2 aromatic rings. The average Bonchev–Trinajstić information content (AvgIpc) is 3.07. The van der Waals surface area contributed by atoms with Crippen LogP contribution in [0.3, 0.4) is 0 Å². The predicted octanol–water partition coefficient (Wildman–Crippen LogP) is 2.41. The number of hydrogen-bond acceptors (Lipinski definition) is 6. The van der Waals surface area contributed by atoms with Gasteiger partial charge in [0, 0.05) is 18.3 Å². The summed E-state index contributed by atoms with van der Waals surface area (Å²) in [4.78, 5) is 16.7. The summed E-state index contributed by atoms with van der Waals surface area (Å²) in [6.45, 7) is 0.766. The standard InChI is InChI=1S/C22H25ClN2O5S/c1-29-17-6-3-15(4-7-17)9-10-24-12-22(26)25(20-14-31(27,28)13-19(20)24)16-5-8-21(30-2)18(23)11-16/h3-8,11,19-20H,9-10,12-14H2,1-2H3. The lowest BCUT2D eigenvalue weighted by Gasteiger charge is -2.43. The zero-order valence-corrected chi connectivity index (χ0v) is 19.0. The number of hydrogen-bond donors (Lipinski definition) is 0. The van der Waals surface area contributed by atoms with E-state index in [1.165, 1.54) is 7.11 Å². The van der Waals surface area contributed by atoms with Crippen molar-refractivity contribution in [1.29, 1.82) is 0 Å². The van der Waals surface area contributed by atoms with E-state index >= 15 is 0 Å². The molecule has 0 radical (unpaired) electrons. The van der Waals surface area contributed by atoms with Crippen LogP contribution < -0.4 is 14.4 Å². The number of piperazine rings is 1. The topological polar surface area (TPSA) is 76.2 Å². The van der Waals surface area contributed by atoms with Crippen LogP contribution in [0.1, 0.15) is 5.56 Å². The van der Waals surface area contributed by atoms with Crippen molar-refractivity contribution < 1.29 is 22.7 Å². The second-order valence-electron chi connectivity index (χ2n) is 7.86. The van der Waals surface area contributed by atoms with Crippen molar-refractivity contribution in [2.75, 3.05) is 43.7 Å². The molecule has 2 aromatic carbocycles. The summed E-state index contributed by atoms with van der Waals surface area (Å²) in [6, 6.07) is 12.2. The van der Waals surface area contributed by atoms with E-state index in [-0.39, 0.29) is 30.0 Å². The molecular formula is C22H25ClN2O5S. The molecule has 2 atom stereocenters. The summed E-state index contributed by atoms with van der Waals surface area (Å²) in [5.41, 5.74) is 1.70. The molecule has 2 saturated heterocycles. The van der Waals surface area contributed by atoms with E-state index in [2.05, 4.69) is 0 Å². The Bertz CT molecular complexity index is 1070. The summed E-state index contributed by atoms with van der Waals surface area (Å²) >= 11 is 6.26. The number of amides is 1. The highest BCUT2D eigenvalue weighted by molar-refractivity contribution is 7.91. The summed E-state index contributed by atoms with van der Waals surface area (Å²) in [6.07, 6.45) is 0.717. The van der Waals surface area contributed by atoms with Crippen LogP contribution in [0.15, 0.2) is 42.5 Å². The van der Waals surface area contributed by atoms with Crippen molar-refractivity contribution in [3.05, 3.63) is 53.1 Å². The summed E-state index contributed by atoms with van der Waals surface area (Å²) in [5, 5.41) is 0.382. The quantitative estimate of drug-likeness (QED) is 0.653. The van der Waals surface area contributed by atoms with Gasteiger partial charge in [0.2, 0.25) is 5.91 Å². The van der Waals surface area contributed by atoms with E-state index in [1.54, 1.807) is 30.2 Å². The van der Waals surface area contributed by atoms with E-state index in [4.69, 9.17) is 21.1 Å². The molecule has 2 aliphatic rings. The molecule has 0 spiro atoms. The molecule has 7 nitrogen and oxygen atoms in total. The molecule has 4 rings (SSSR count). The normalized spacial score (nSPS) is 22.9. The van der Waals surface area contributed by atoms with Gasteiger partial charge in [-0.15, -0.1) is 0 Å². The summed E-state index contributed by atoms with van der Waals surface area (Å²) in [7, 11) is -0.108. The number of fused-ring (bicyclic) bond motifs is 1. The smallest absolute Gasteiger partial charge is 0.241 e. The fraction of sp³-hybridized carbons (Fsp3) is 0.409. The molecule has 2 heterocycles. The highest BCUT2D eigenvalue weighted by Gasteiger charge is 2.49. The van der Waals surface area contributed by atoms with Crippen molar-refractivity contribution >= 4 is 33.0 Å². The van der Waals surface area contributed by atoms with Gasteiger partial charge in [-0.3, -0.25) is 9.69 Å². The minimum Gasteiger partial charge on any atom is -0.497 e. The lowest BCUT2D eigenvalue weighted by Crippen LogP contribution is -2.62. The number of sulfone groups is 1. The predicted molar refractivity (Wildman–Crippen MR) is 120 cm³/mol. The molecule has 2 fully saturated rings. The monoisotopic (exact) mass is 464 g/mol. The number of nitrogens with zero attached hydrogens (tertiary/aromatic N) is 2. The Morgan fingerprint density at radius 1 is 1.03 bits per heavy atom. The Balaban J connectivity index is 1.56. The van der Waals surface area contributed by atoms with E-state index < -0.39 is 15.9 Å². The third kappa shape index (κ3) is 4.51. The Kier molecular flexibility index (Phi) is 6.14. The van der Waals surface area contributed by atoms with Crippen LogP contribution in [0.4, 0.5) is 5.69 Å². The van der Waals surface area contributed by atoms with Gasteiger partial charge in [0.05, 0.1) is 43.3 Å². The Labute approximate surface area is 187 Å². The fourth-order valence-electron chi connectivity index (χ4n) is 4.41. The van der Waals surface area contributed by atoms with Crippen molar-refractivity contribution in [2.24, 2.45) is 0 Å². The highest BCUT2D eigenvalue weighted by atomic mass is 35.5. The first kappa shape index (κ1) is 21.9. The van der Waals surface area contributed by atoms with Gasteiger partial charge in [-0.25, -0.2) is 8.42 Å². The first-order chi connectivity index (χ1) is 14.8. The minimum absolute atomic E-state index is 0.0495. The molecule has 0 aliphatic carbocycles. The Morgan fingerprint density at radius 2 is 1.74 bits per heavy atom. The summed E-state index contributed by atoms with van der Waals surface area (Å²) in [5.74, 6) is 1.16. The van der Waals surface area contributed by atoms with Crippen LogP contribution in [-0.2, 0) is 21.1 Å². The van der Waals surface area contributed by atoms with Crippen molar-refractivity contribution in [3.63, 3.8) is 0 Å². The molecule has 1 amide bonds. The second kappa shape index (κ2) is 8.68. The van der Waals surface area contributed by atoms with Crippen molar-refractivity contribution in [2.45, 2.75) is 18.5 Å². The maximum Gasteiger partial charge on any atom is 0.241 e. The lowest BCUT2D eigenvalue weighted by molar-refractivity contribution is -0.123. The first-order valence-electron chi connectivity index (χ1n) is 10.0. The molecule has 2 unspecified atom stereocenters. The van der Waals surface area contributed by atoms with Gasteiger partial charge in [-0.05, 0) is 42.3 Å². The van der Waals surface area contributed by atoms with Gasteiger partial charge >= 0.3 is 0 Å². The molecular weight excluding hydrogens is 440 g/mol. The van der Waals surface area contributed by atoms with E-state index in [0.717, 1.165) is 17.7 Å². The minimum atomic E-state index is -3.25. The fourth-order valence-corrected chi connectivity index (χ4v) is 6.64. The maximum atomic E-state index is 13.1. The number of halogens is 1. The van der Waals surface area contributed by atoms with E-state index in [0.29, 0.717) is 23.0 Å². The van der Waals surface area contributed by atoms with Crippen molar-refractivity contribution in [1.82, 2.24) is 4.90 Å². The zero-order chi connectivity index (χ0) is 22.2.